The number of hydrogen-bond acceptors (Lipinski definition) is 4. The van der Waals surface area contributed by atoms with Gasteiger partial charge in [0.2, 0.25) is 0 Å². The number of aliphatic imine (C=N–C) groups is 1. The topological polar surface area (TPSA) is 73.8 Å². The summed E-state index contributed by atoms with van der Waals surface area (Å²) in [6, 6.07) is 4.03. The van der Waals surface area contributed by atoms with Gasteiger partial charge in [0, 0.05) is 37.6 Å². The van der Waals surface area contributed by atoms with E-state index in [1.165, 1.54) is 15.6 Å². The van der Waals surface area contributed by atoms with Crippen LogP contribution in [0.1, 0.15) is 31.6 Å². The van der Waals surface area contributed by atoms with Gasteiger partial charge in [-0.1, -0.05) is 26.0 Å². The first-order valence-electron chi connectivity index (χ1n) is 8.72. The molecular formula is C17H29IN4O2S2. The number of guanidine groups is 1. The molecule has 0 radical (unpaired) electrons. The summed E-state index contributed by atoms with van der Waals surface area (Å²) in [6.07, 6.45) is 7.17. The Morgan fingerprint density at radius 1 is 1.27 bits per heavy atom. The van der Waals surface area contributed by atoms with Crippen molar-refractivity contribution in [3.05, 3.63) is 29.2 Å². The van der Waals surface area contributed by atoms with Crippen LogP contribution in [0.3, 0.4) is 0 Å². The van der Waals surface area contributed by atoms with Gasteiger partial charge in [-0.2, -0.15) is 4.31 Å². The zero-order valence-corrected chi connectivity index (χ0v) is 19.5. The van der Waals surface area contributed by atoms with Crippen molar-refractivity contribution < 1.29 is 8.42 Å². The van der Waals surface area contributed by atoms with Crippen LogP contribution in [0, 0.1) is 0 Å². The lowest BCUT2D eigenvalue weighted by atomic mass is 10.2. The summed E-state index contributed by atoms with van der Waals surface area (Å²) in [5.74, 6) is 0.793. The Balaban J connectivity index is 0.00000338. The van der Waals surface area contributed by atoms with E-state index in [9.17, 15) is 8.42 Å². The van der Waals surface area contributed by atoms with E-state index >= 15 is 0 Å². The van der Waals surface area contributed by atoms with E-state index in [-0.39, 0.29) is 24.0 Å². The van der Waals surface area contributed by atoms with Gasteiger partial charge >= 0.3 is 0 Å². The second kappa shape index (κ2) is 11.3. The fourth-order valence-corrected chi connectivity index (χ4v) is 5.72. The third-order valence-corrected chi connectivity index (χ3v) is 7.84. The zero-order valence-electron chi connectivity index (χ0n) is 15.6. The highest BCUT2D eigenvalue weighted by molar-refractivity contribution is 14.0. The van der Waals surface area contributed by atoms with Gasteiger partial charge in [0.05, 0.1) is 0 Å². The molecule has 1 aromatic heterocycles. The molecule has 0 aromatic carbocycles. The van der Waals surface area contributed by atoms with Gasteiger partial charge in [-0.15, -0.1) is 35.3 Å². The second-order valence-corrected chi connectivity index (χ2v) is 9.18. The van der Waals surface area contributed by atoms with Gasteiger partial charge in [-0.25, -0.2) is 8.42 Å². The van der Waals surface area contributed by atoms with Crippen LogP contribution in [0.25, 0.3) is 0 Å². The first-order chi connectivity index (χ1) is 12.0. The summed E-state index contributed by atoms with van der Waals surface area (Å²) in [5, 5.41) is 6.68. The summed E-state index contributed by atoms with van der Waals surface area (Å²) in [6.45, 7) is 5.41. The smallest absolute Gasteiger partial charge is 0.252 e. The number of halogens is 1. The van der Waals surface area contributed by atoms with Crippen molar-refractivity contribution in [3.63, 3.8) is 0 Å². The van der Waals surface area contributed by atoms with Crippen molar-refractivity contribution in [2.45, 2.75) is 43.4 Å². The minimum Gasteiger partial charge on any atom is -0.356 e. The molecule has 1 aliphatic carbocycles. The van der Waals surface area contributed by atoms with Gasteiger partial charge in [-0.05, 0) is 31.4 Å². The molecular weight excluding hydrogens is 483 g/mol. The van der Waals surface area contributed by atoms with Crippen LogP contribution >= 0.6 is 35.3 Å². The molecule has 0 amide bonds. The third-order valence-electron chi connectivity index (χ3n) is 4.17. The quantitative estimate of drug-likeness (QED) is 0.243. The van der Waals surface area contributed by atoms with E-state index < -0.39 is 10.0 Å². The van der Waals surface area contributed by atoms with Crippen LogP contribution in [0.5, 0.6) is 0 Å². The first-order valence-corrected chi connectivity index (χ1v) is 11.0. The largest absolute Gasteiger partial charge is 0.356 e. The average molecular weight is 512 g/mol. The Labute approximate surface area is 178 Å². The Kier molecular flexibility index (Phi) is 10.1. The maximum atomic E-state index is 12.5. The maximum Gasteiger partial charge on any atom is 0.252 e. The van der Waals surface area contributed by atoms with E-state index in [1.54, 1.807) is 13.1 Å². The normalized spacial score (nSPS) is 15.3. The van der Waals surface area contributed by atoms with Crippen LogP contribution in [-0.4, -0.2) is 51.4 Å². The van der Waals surface area contributed by atoms with Crippen LogP contribution in [0.15, 0.2) is 33.5 Å². The molecule has 0 saturated heterocycles. The molecule has 26 heavy (non-hydrogen) atoms. The number of hydrogen-bond donors (Lipinski definition) is 2. The van der Waals surface area contributed by atoms with Crippen molar-refractivity contribution in [2.24, 2.45) is 4.99 Å². The van der Waals surface area contributed by atoms with Crippen LogP contribution in [0.2, 0.25) is 0 Å². The van der Waals surface area contributed by atoms with E-state index in [0.29, 0.717) is 29.9 Å². The van der Waals surface area contributed by atoms with Crippen molar-refractivity contribution in [1.82, 2.24) is 14.9 Å². The van der Waals surface area contributed by atoms with E-state index in [4.69, 9.17) is 0 Å². The molecule has 9 heteroatoms. The summed E-state index contributed by atoms with van der Waals surface area (Å²) in [7, 11) is -1.59. The lowest BCUT2D eigenvalue weighted by Gasteiger charge is -2.17. The molecule has 0 bridgehead atoms. The van der Waals surface area contributed by atoms with Crippen LogP contribution in [0.4, 0.5) is 0 Å². The molecule has 0 spiro atoms. The van der Waals surface area contributed by atoms with E-state index in [0.717, 1.165) is 30.1 Å². The summed E-state index contributed by atoms with van der Waals surface area (Å²) in [4.78, 5) is 5.29. The highest BCUT2D eigenvalue weighted by Crippen LogP contribution is 2.25. The summed E-state index contributed by atoms with van der Waals surface area (Å²) < 4.78 is 26.9. The molecule has 0 atom stereocenters. The molecule has 6 nitrogen and oxygen atoms in total. The fraction of sp³-hybridized carbons (Fsp3) is 0.588. The number of sulfonamides is 1. The Morgan fingerprint density at radius 3 is 2.50 bits per heavy atom. The number of nitrogens with zero attached hydrogens (tertiary/aromatic N) is 2. The lowest BCUT2D eigenvalue weighted by Crippen LogP contribution is -2.43. The van der Waals surface area contributed by atoms with E-state index in [2.05, 4.69) is 27.8 Å². The Hall–Kier alpha value is -0.650. The number of rotatable bonds is 8. The summed E-state index contributed by atoms with van der Waals surface area (Å²) in [5.41, 5.74) is 0. The summed E-state index contributed by atoms with van der Waals surface area (Å²) >= 11 is 1.35. The molecule has 148 valence electrons. The molecule has 0 unspecified atom stereocenters. The highest BCUT2D eigenvalue weighted by atomic mass is 127. The minimum atomic E-state index is -3.35. The third kappa shape index (κ3) is 6.21. The first kappa shape index (κ1) is 23.4. The molecule has 0 fully saturated rings. The molecule has 1 aromatic rings. The van der Waals surface area contributed by atoms with Gasteiger partial charge < -0.3 is 10.6 Å². The van der Waals surface area contributed by atoms with Crippen LogP contribution in [-0.2, 0) is 16.4 Å². The van der Waals surface area contributed by atoms with Crippen LogP contribution < -0.4 is 10.6 Å². The van der Waals surface area contributed by atoms with Gasteiger partial charge in [-0.3, -0.25) is 4.99 Å². The standard InChI is InChI=1S/C17H28N4O2S2.HI/c1-4-21(5-2)25(22,23)16-11-10-15(24-16)12-13-19-17(18-3)20-14-8-6-7-9-14;/h6-7,10-11,14H,4-5,8-9,12-13H2,1-3H3,(H2,18,19,20);1H. The van der Waals surface area contributed by atoms with Gasteiger partial charge in [0.15, 0.2) is 5.96 Å². The molecule has 0 aliphatic heterocycles. The SMILES string of the molecule is CCN(CC)S(=O)(=O)c1ccc(CCNC(=NC)NC2CC=CC2)s1.I. The molecule has 2 rings (SSSR count). The van der Waals surface area contributed by atoms with Crippen molar-refractivity contribution in [3.8, 4) is 0 Å². The van der Waals surface area contributed by atoms with Gasteiger partial charge in [0.25, 0.3) is 10.0 Å². The van der Waals surface area contributed by atoms with Crippen molar-refractivity contribution in [1.29, 1.82) is 0 Å². The lowest BCUT2D eigenvalue weighted by molar-refractivity contribution is 0.447. The predicted molar refractivity (Wildman–Crippen MR) is 120 cm³/mol. The second-order valence-electron chi connectivity index (χ2n) is 5.84. The van der Waals surface area contributed by atoms with Crippen molar-refractivity contribution >= 4 is 51.3 Å². The molecule has 2 N–H and O–H groups in total. The minimum absolute atomic E-state index is 0. The average Bonchev–Trinajstić information content (AvgIpc) is 3.26. The number of thiophene rings is 1. The van der Waals surface area contributed by atoms with Gasteiger partial charge in [0.1, 0.15) is 4.21 Å². The molecule has 1 heterocycles. The maximum absolute atomic E-state index is 12.5. The monoisotopic (exact) mass is 512 g/mol. The molecule has 1 aliphatic rings. The van der Waals surface area contributed by atoms with E-state index in [1.807, 2.05) is 19.9 Å². The molecule has 0 saturated carbocycles. The number of nitrogens with one attached hydrogen (secondary N) is 2. The Morgan fingerprint density at radius 2 is 1.92 bits per heavy atom. The highest BCUT2D eigenvalue weighted by Gasteiger charge is 2.23. The Bertz CT molecular complexity index is 704. The predicted octanol–water partition coefficient (Wildman–Crippen LogP) is 2.82. The zero-order chi connectivity index (χ0) is 18.3. The fourth-order valence-electron chi connectivity index (χ4n) is 2.75. The van der Waals surface area contributed by atoms with Crippen molar-refractivity contribution in [2.75, 3.05) is 26.7 Å².